The number of alkyl halides is 3. The molecule has 3 aromatic heterocycles. The monoisotopic (exact) mass is 391 g/mol. The topological polar surface area (TPSA) is 56.0 Å². The molecule has 1 aliphatic rings. The van der Waals surface area contributed by atoms with Gasteiger partial charge in [0.25, 0.3) is 0 Å². The number of hydrogen-bond donors (Lipinski definition) is 0. The zero-order chi connectivity index (χ0) is 19.9. The molecule has 0 amide bonds. The van der Waals surface area contributed by atoms with E-state index in [2.05, 4.69) is 9.97 Å². The summed E-state index contributed by atoms with van der Waals surface area (Å²) in [4.78, 5) is 22.8. The van der Waals surface area contributed by atoms with Gasteiger partial charge in [-0.25, -0.2) is 14.8 Å². The Kier molecular flexibility index (Phi) is 4.60. The zero-order valence-electron chi connectivity index (χ0n) is 15.4. The lowest BCUT2D eigenvalue weighted by atomic mass is 9.96. The molecule has 1 fully saturated rings. The van der Waals surface area contributed by atoms with Crippen molar-refractivity contribution in [2.75, 3.05) is 18.0 Å². The number of pyridine rings is 2. The average molecular weight is 391 g/mol. The molecule has 3 aromatic rings. The van der Waals surface area contributed by atoms with Gasteiger partial charge in [-0.2, -0.15) is 13.2 Å². The number of hydrogen-bond acceptors (Lipinski definition) is 4. The second kappa shape index (κ2) is 6.96. The van der Waals surface area contributed by atoms with Crippen molar-refractivity contribution in [2.45, 2.75) is 25.6 Å². The summed E-state index contributed by atoms with van der Waals surface area (Å²) >= 11 is 0. The summed E-state index contributed by atoms with van der Waals surface area (Å²) in [7, 11) is 1.74. The molecule has 0 saturated carbocycles. The zero-order valence-corrected chi connectivity index (χ0v) is 15.4. The van der Waals surface area contributed by atoms with Crippen LogP contribution in [0, 0.1) is 5.92 Å². The van der Waals surface area contributed by atoms with Crippen molar-refractivity contribution in [3.8, 4) is 0 Å². The number of halogens is 3. The number of fused-ring (bicyclic) bond motifs is 1. The van der Waals surface area contributed by atoms with Gasteiger partial charge in [-0.3, -0.25) is 9.13 Å². The fourth-order valence-electron chi connectivity index (χ4n) is 3.74. The Morgan fingerprint density at radius 3 is 2.54 bits per heavy atom. The Bertz CT molecular complexity index is 1030. The Balaban J connectivity index is 1.44. The molecule has 0 N–H and O–H groups in total. The van der Waals surface area contributed by atoms with Gasteiger partial charge in [-0.15, -0.1) is 0 Å². The van der Waals surface area contributed by atoms with Gasteiger partial charge < -0.3 is 4.90 Å². The van der Waals surface area contributed by atoms with Gasteiger partial charge >= 0.3 is 11.9 Å². The molecule has 0 aliphatic carbocycles. The van der Waals surface area contributed by atoms with Crippen LogP contribution in [0.5, 0.6) is 0 Å². The molecule has 0 aromatic carbocycles. The first-order valence-corrected chi connectivity index (χ1v) is 9.13. The van der Waals surface area contributed by atoms with Gasteiger partial charge in [-0.1, -0.05) is 0 Å². The molecule has 0 spiro atoms. The predicted molar refractivity (Wildman–Crippen MR) is 99.2 cm³/mol. The molecule has 28 heavy (non-hydrogen) atoms. The molecule has 9 heteroatoms. The van der Waals surface area contributed by atoms with Crippen LogP contribution in [-0.2, 0) is 19.8 Å². The van der Waals surface area contributed by atoms with E-state index in [0.29, 0.717) is 37.0 Å². The first-order valence-electron chi connectivity index (χ1n) is 9.13. The molecular weight excluding hydrogens is 371 g/mol. The summed E-state index contributed by atoms with van der Waals surface area (Å²) in [6, 6.07) is 6.17. The lowest BCUT2D eigenvalue weighted by molar-refractivity contribution is -0.137. The lowest BCUT2D eigenvalue weighted by Gasteiger charge is -2.33. The Hall–Kier alpha value is -2.84. The maximum Gasteiger partial charge on any atom is 0.417 e. The van der Waals surface area contributed by atoms with E-state index in [-0.39, 0.29) is 5.69 Å². The van der Waals surface area contributed by atoms with E-state index in [4.69, 9.17) is 0 Å². The molecule has 0 unspecified atom stereocenters. The number of aryl methyl sites for hydroxylation is 1. The normalized spacial score (nSPS) is 16.1. The van der Waals surface area contributed by atoms with Gasteiger partial charge in [0.1, 0.15) is 5.82 Å². The maximum absolute atomic E-state index is 12.7. The summed E-state index contributed by atoms with van der Waals surface area (Å²) in [5.41, 5.74) is 0.662. The highest BCUT2D eigenvalue weighted by Gasteiger charge is 2.31. The molecule has 4 rings (SSSR count). The molecule has 6 nitrogen and oxygen atoms in total. The van der Waals surface area contributed by atoms with E-state index in [9.17, 15) is 18.0 Å². The van der Waals surface area contributed by atoms with Crippen LogP contribution in [0.4, 0.5) is 19.0 Å². The van der Waals surface area contributed by atoms with Gasteiger partial charge in [0.2, 0.25) is 0 Å². The number of anilines is 1. The SMILES string of the molecule is Cn1c(=O)n(CC2CCN(c3ccc(C(F)(F)F)cn3)CC2)c2ncccc21. The van der Waals surface area contributed by atoms with Crippen molar-refractivity contribution >= 4 is 17.0 Å². The highest BCUT2D eigenvalue weighted by atomic mass is 19.4. The summed E-state index contributed by atoms with van der Waals surface area (Å²) in [5.74, 6) is 0.853. The minimum atomic E-state index is -4.38. The number of imidazole rings is 1. The second-order valence-electron chi connectivity index (χ2n) is 7.13. The second-order valence-corrected chi connectivity index (χ2v) is 7.13. The predicted octanol–water partition coefficient (Wildman–Crippen LogP) is 3.07. The van der Waals surface area contributed by atoms with Crippen LogP contribution in [0.25, 0.3) is 11.2 Å². The van der Waals surface area contributed by atoms with E-state index in [1.807, 2.05) is 17.0 Å². The molecule has 0 atom stereocenters. The summed E-state index contributed by atoms with van der Waals surface area (Å²) in [6.45, 7) is 1.97. The lowest BCUT2D eigenvalue weighted by Crippen LogP contribution is -2.37. The smallest absolute Gasteiger partial charge is 0.357 e. The van der Waals surface area contributed by atoms with Gasteiger partial charge in [0, 0.05) is 39.1 Å². The van der Waals surface area contributed by atoms with Gasteiger partial charge in [0.05, 0.1) is 11.1 Å². The summed E-state index contributed by atoms with van der Waals surface area (Å²) < 4.78 is 41.3. The van der Waals surface area contributed by atoms with Crippen molar-refractivity contribution in [1.29, 1.82) is 0 Å². The van der Waals surface area contributed by atoms with Crippen molar-refractivity contribution in [2.24, 2.45) is 13.0 Å². The number of aromatic nitrogens is 4. The van der Waals surface area contributed by atoms with E-state index in [1.165, 1.54) is 6.07 Å². The third kappa shape index (κ3) is 3.36. The minimum Gasteiger partial charge on any atom is -0.357 e. The third-order valence-corrected chi connectivity index (χ3v) is 5.36. The number of nitrogens with zero attached hydrogens (tertiary/aromatic N) is 5. The molecule has 4 heterocycles. The van der Waals surface area contributed by atoms with Crippen LogP contribution in [0.1, 0.15) is 18.4 Å². The fourth-order valence-corrected chi connectivity index (χ4v) is 3.74. The van der Waals surface area contributed by atoms with Crippen LogP contribution in [0.15, 0.2) is 41.5 Å². The van der Waals surface area contributed by atoms with Crippen molar-refractivity contribution in [3.63, 3.8) is 0 Å². The van der Waals surface area contributed by atoms with E-state index < -0.39 is 11.7 Å². The minimum absolute atomic E-state index is 0.0828. The molecule has 1 saturated heterocycles. The average Bonchev–Trinajstić information content (AvgIpc) is 2.93. The van der Waals surface area contributed by atoms with Crippen molar-refractivity contribution < 1.29 is 13.2 Å². The molecular formula is C19H20F3N5O. The first-order chi connectivity index (χ1) is 13.3. The van der Waals surface area contributed by atoms with Crippen LogP contribution >= 0.6 is 0 Å². The van der Waals surface area contributed by atoms with E-state index in [0.717, 1.165) is 30.6 Å². The standard InChI is InChI=1S/C19H20F3N5O/c1-25-15-3-2-8-23-17(15)27(18(25)28)12-13-6-9-26(10-7-13)16-5-4-14(11-24-16)19(20,21)22/h2-5,8,11,13H,6-7,9-10,12H2,1H3. The van der Waals surface area contributed by atoms with E-state index >= 15 is 0 Å². The van der Waals surface area contributed by atoms with Gasteiger partial charge in [-0.05, 0) is 43.0 Å². The number of rotatable bonds is 3. The molecule has 0 radical (unpaired) electrons. The van der Waals surface area contributed by atoms with Crippen LogP contribution in [0.2, 0.25) is 0 Å². The third-order valence-electron chi connectivity index (χ3n) is 5.36. The van der Waals surface area contributed by atoms with E-state index in [1.54, 1.807) is 22.4 Å². The Morgan fingerprint density at radius 2 is 1.89 bits per heavy atom. The van der Waals surface area contributed by atoms with Crippen LogP contribution in [-0.4, -0.2) is 32.2 Å². The summed E-state index contributed by atoms with van der Waals surface area (Å²) in [6.07, 6.45) is -0.158. The Morgan fingerprint density at radius 1 is 1.14 bits per heavy atom. The highest BCUT2D eigenvalue weighted by Crippen LogP contribution is 2.30. The fraction of sp³-hybridized carbons (Fsp3) is 0.421. The maximum atomic E-state index is 12.7. The van der Waals surface area contributed by atoms with Crippen LogP contribution in [0.3, 0.4) is 0 Å². The van der Waals surface area contributed by atoms with Crippen molar-refractivity contribution in [1.82, 2.24) is 19.1 Å². The highest BCUT2D eigenvalue weighted by molar-refractivity contribution is 5.71. The quantitative estimate of drug-likeness (QED) is 0.689. The van der Waals surface area contributed by atoms with Crippen molar-refractivity contribution in [3.05, 3.63) is 52.7 Å². The summed E-state index contributed by atoms with van der Waals surface area (Å²) in [5, 5.41) is 0. The molecule has 0 bridgehead atoms. The van der Waals surface area contributed by atoms with Crippen LogP contribution < -0.4 is 10.6 Å². The number of piperidine rings is 1. The molecule has 148 valence electrons. The largest absolute Gasteiger partial charge is 0.417 e. The van der Waals surface area contributed by atoms with Gasteiger partial charge in [0.15, 0.2) is 5.65 Å². The molecule has 1 aliphatic heterocycles. The Labute approximate surface area is 159 Å². The first kappa shape index (κ1) is 18.5.